The number of halogens is 1. The molecule has 0 aromatic heterocycles. The van der Waals surface area contributed by atoms with Gasteiger partial charge in [-0.1, -0.05) is 0 Å². The Kier molecular flexibility index (Phi) is 6.31. The molecule has 0 aliphatic heterocycles. The Labute approximate surface area is 97.1 Å². The van der Waals surface area contributed by atoms with Gasteiger partial charge in [-0.2, -0.15) is 0 Å². The monoisotopic (exact) mass is 235 g/mol. The first-order valence-electron chi connectivity index (χ1n) is 4.82. The summed E-state index contributed by atoms with van der Waals surface area (Å²) in [5.74, 6) is 0. The van der Waals surface area contributed by atoms with Crippen LogP contribution < -0.4 is 11.5 Å². The maximum atomic E-state index is 6.06. The largest absolute Gasteiger partial charge is 0.304 e. The van der Waals surface area contributed by atoms with Crippen LogP contribution in [0.25, 0.3) is 0 Å². The van der Waals surface area contributed by atoms with Gasteiger partial charge < -0.3 is 11.5 Å². The Hall–Kier alpha value is -0.200. The third kappa shape index (κ3) is 4.04. The minimum Gasteiger partial charge on any atom is -0.304 e. The second-order valence-corrected chi connectivity index (χ2v) is 4.57. The van der Waals surface area contributed by atoms with Crippen molar-refractivity contribution in [2.24, 2.45) is 16.5 Å². The van der Waals surface area contributed by atoms with Crippen LogP contribution in [0.15, 0.2) is 4.99 Å². The van der Waals surface area contributed by atoms with Gasteiger partial charge in [0.15, 0.2) is 0 Å². The van der Waals surface area contributed by atoms with E-state index in [-0.39, 0.29) is 17.6 Å². The van der Waals surface area contributed by atoms with Crippen LogP contribution in [0, 0.1) is 0 Å². The molecule has 3 unspecified atom stereocenters. The predicted molar refractivity (Wildman–Crippen MR) is 66.1 cm³/mol. The third-order valence-electron chi connectivity index (χ3n) is 2.40. The summed E-state index contributed by atoms with van der Waals surface area (Å²) in [6, 6.07) is -0.138. The van der Waals surface area contributed by atoms with Crippen LogP contribution in [0.4, 0.5) is 0 Å². The molecule has 0 aromatic rings. The SMILES string of the molecule is C=NC(C(C)Cl)C(N(C)C)N(C)C(N)N. The summed E-state index contributed by atoms with van der Waals surface area (Å²) >= 11 is 6.06. The topological polar surface area (TPSA) is 70.9 Å². The molecule has 5 nitrogen and oxygen atoms in total. The van der Waals surface area contributed by atoms with E-state index in [2.05, 4.69) is 11.7 Å². The van der Waals surface area contributed by atoms with E-state index in [1.165, 1.54) is 0 Å². The van der Waals surface area contributed by atoms with Crippen LogP contribution in [0.1, 0.15) is 6.92 Å². The summed E-state index contributed by atoms with van der Waals surface area (Å²) in [5, 5.41) is -0.129. The van der Waals surface area contributed by atoms with Crippen molar-refractivity contribution in [1.82, 2.24) is 9.80 Å². The van der Waals surface area contributed by atoms with Crippen molar-refractivity contribution in [3.05, 3.63) is 0 Å². The lowest BCUT2D eigenvalue weighted by Gasteiger charge is -2.39. The van der Waals surface area contributed by atoms with E-state index in [1.54, 1.807) is 0 Å². The second kappa shape index (κ2) is 6.40. The quantitative estimate of drug-likeness (QED) is 0.377. The van der Waals surface area contributed by atoms with Gasteiger partial charge in [0, 0.05) is 0 Å². The average molecular weight is 236 g/mol. The molecule has 0 aliphatic rings. The molecule has 0 fully saturated rings. The Morgan fingerprint density at radius 1 is 1.27 bits per heavy atom. The second-order valence-electron chi connectivity index (χ2n) is 3.88. The van der Waals surface area contributed by atoms with Crippen molar-refractivity contribution in [2.75, 3.05) is 21.1 Å². The first-order chi connectivity index (χ1) is 6.82. The number of nitrogens with two attached hydrogens (primary N) is 2. The molecule has 0 bridgehead atoms. The van der Waals surface area contributed by atoms with E-state index in [0.29, 0.717) is 0 Å². The van der Waals surface area contributed by atoms with Gasteiger partial charge >= 0.3 is 0 Å². The third-order valence-corrected chi connectivity index (χ3v) is 2.66. The smallest absolute Gasteiger partial charge is 0.110 e. The molecule has 15 heavy (non-hydrogen) atoms. The zero-order chi connectivity index (χ0) is 12.2. The fourth-order valence-corrected chi connectivity index (χ4v) is 1.77. The molecule has 0 heterocycles. The molecule has 0 spiro atoms. The van der Waals surface area contributed by atoms with Crippen LogP contribution in [-0.4, -0.2) is 61.5 Å². The normalized spacial score (nSPS) is 18.3. The summed E-state index contributed by atoms with van der Waals surface area (Å²) < 4.78 is 0. The molecule has 0 saturated carbocycles. The summed E-state index contributed by atoms with van der Waals surface area (Å²) in [4.78, 5) is 7.83. The molecule has 4 N–H and O–H groups in total. The maximum absolute atomic E-state index is 6.06. The molecule has 3 atom stereocenters. The van der Waals surface area contributed by atoms with Crippen LogP contribution in [-0.2, 0) is 0 Å². The number of alkyl halides is 1. The van der Waals surface area contributed by atoms with Gasteiger partial charge in [-0.25, -0.2) is 0 Å². The standard InChI is InChI=1S/C9H22ClN5/c1-6(10)7(13-2)8(14(3)4)15(5)9(11)12/h6-9H,2,11-12H2,1,3-5H3. The molecule has 90 valence electrons. The lowest BCUT2D eigenvalue weighted by molar-refractivity contribution is 0.0499. The molecular weight excluding hydrogens is 214 g/mol. The first kappa shape index (κ1) is 14.8. The van der Waals surface area contributed by atoms with Gasteiger partial charge in [-0.15, -0.1) is 11.6 Å². The molecule has 6 heteroatoms. The van der Waals surface area contributed by atoms with Gasteiger partial charge in [0.1, 0.15) is 6.29 Å². The fraction of sp³-hybridized carbons (Fsp3) is 0.889. The van der Waals surface area contributed by atoms with Crippen molar-refractivity contribution in [2.45, 2.75) is 30.8 Å². The Morgan fingerprint density at radius 3 is 1.93 bits per heavy atom. The van der Waals surface area contributed by atoms with E-state index < -0.39 is 6.29 Å². The zero-order valence-electron chi connectivity index (χ0n) is 9.89. The van der Waals surface area contributed by atoms with Crippen LogP contribution in [0.2, 0.25) is 0 Å². The fourth-order valence-electron chi connectivity index (χ4n) is 1.56. The molecule has 0 aliphatic carbocycles. The summed E-state index contributed by atoms with van der Waals surface area (Å²) in [6.45, 7) is 5.44. The van der Waals surface area contributed by atoms with Crippen LogP contribution in [0.5, 0.6) is 0 Å². The van der Waals surface area contributed by atoms with E-state index in [1.807, 2.05) is 37.9 Å². The first-order valence-corrected chi connectivity index (χ1v) is 5.26. The number of hydrogen-bond donors (Lipinski definition) is 2. The highest BCUT2D eigenvalue weighted by atomic mass is 35.5. The highest BCUT2D eigenvalue weighted by Gasteiger charge is 2.31. The van der Waals surface area contributed by atoms with Crippen molar-refractivity contribution < 1.29 is 0 Å². The van der Waals surface area contributed by atoms with Gasteiger partial charge in [0.2, 0.25) is 0 Å². The summed E-state index contributed by atoms with van der Waals surface area (Å²) in [5.41, 5.74) is 11.3. The lowest BCUT2D eigenvalue weighted by atomic mass is 10.1. The number of hydrogen-bond acceptors (Lipinski definition) is 5. The highest BCUT2D eigenvalue weighted by molar-refractivity contribution is 6.20. The van der Waals surface area contributed by atoms with Gasteiger partial charge in [-0.3, -0.25) is 14.8 Å². The summed E-state index contributed by atoms with van der Waals surface area (Å²) in [7, 11) is 5.70. The lowest BCUT2D eigenvalue weighted by Crippen LogP contribution is -2.60. The Balaban J connectivity index is 4.85. The minimum absolute atomic E-state index is 0.0602. The van der Waals surface area contributed by atoms with E-state index in [9.17, 15) is 0 Å². The van der Waals surface area contributed by atoms with E-state index in [4.69, 9.17) is 23.1 Å². The van der Waals surface area contributed by atoms with E-state index in [0.717, 1.165) is 0 Å². The maximum Gasteiger partial charge on any atom is 0.110 e. The predicted octanol–water partition coefficient (Wildman–Crippen LogP) is -0.297. The van der Waals surface area contributed by atoms with Crippen molar-refractivity contribution in [3.63, 3.8) is 0 Å². The molecule has 0 amide bonds. The molecule has 0 rings (SSSR count). The average Bonchev–Trinajstić information content (AvgIpc) is 2.11. The minimum atomic E-state index is -0.544. The Morgan fingerprint density at radius 2 is 1.73 bits per heavy atom. The summed E-state index contributed by atoms with van der Waals surface area (Å²) in [6.07, 6.45) is -0.605. The zero-order valence-corrected chi connectivity index (χ0v) is 10.6. The molecule has 0 saturated heterocycles. The number of nitrogens with zero attached hydrogens (tertiary/aromatic N) is 3. The number of likely N-dealkylation sites (N-methyl/N-ethyl adjacent to an activating group) is 2. The van der Waals surface area contributed by atoms with Gasteiger partial charge in [-0.05, 0) is 34.8 Å². The van der Waals surface area contributed by atoms with Crippen LogP contribution in [0.3, 0.4) is 0 Å². The molecule has 0 radical (unpaired) electrons. The van der Waals surface area contributed by atoms with E-state index >= 15 is 0 Å². The van der Waals surface area contributed by atoms with Crippen LogP contribution >= 0.6 is 11.6 Å². The number of rotatable bonds is 6. The Bertz CT molecular complexity index is 195. The highest BCUT2D eigenvalue weighted by Crippen LogP contribution is 2.16. The van der Waals surface area contributed by atoms with Crippen molar-refractivity contribution in [1.29, 1.82) is 0 Å². The van der Waals surface area contributed by atoms with Gasteiger partial charge in [0.05, 0.1) is 17.6 Å². The van der Waals surface area contributed by atoms with Crippen molar-refractivity contribution in [3.8, 4) is 0 Å². The molecular formula is C9H22ClN5. The molecule has 0 aromatic carbocycles. The van der Waals surface area contributed by atoms with Gasteiger partial charge in [0.25, 0.3) is 0 Å². The number of aliphatic imine (C=N–C) groups is 1. The van der Waals surface area contributed by atoms with Crippen molar-refractivity contribution >= 4 is 18.3 Å².